The topological polar surface area (TPSA) is 39.8 Å². The van der Waals surface area contributed by atoms with Gasteiger partial charge in [0.1, 0.15) is 0 Å². The second kappa shape index (κ2) is 5.46. The van der Waals surface area contributed by atoms with Gasteiger partial charge in [-0.1, -0.05) is 48.5 Å². The van der Waals surface area contributed by atoms with E-state index in [-0.39, 0.29) is 5.56 Å². The first kappa shape index (κ1) is 13.5. The molecule has 104 valence electrons. The lowest BCUT2D eigenvalue weighted by molar-refractivity contribution is 0.689. The smallest absolute Gasteiger partial charge is 0.280 e. The van der Waals surface area contributed by atoms with Gasteiger partial charge in [0.15, 0.2) is 5.69 Å². The van der Waals surface area contributed by atoms with Crippen molar-refractivity contribution < 1.29 is 0 Å². The third kappa shape index (κ3) is 2.43. The van der Waals surface area contributed by atoms with Gasteiger partial charge in [-0.25, -0.2) is 4.68 Å². The van der Waals surface area contributed by atoms with Gasteiger partial charge in [0.2, 0.25) is 4.77 Å². The number of nitrogens with zero attached hydrogens (tertiary/aromatic N) is 3. The van der Waals surface area contributed by atoms with Crippen LogP contribution in [0.1, 0.15) is 0 Å². The Balaban J connectivity index is 2.32. The number of hydrogen-bond acceptors (Lipinski definition) is 3. The lowest BCUT2D eigenvalue weighted by Gasteiger charge is -2.11. The van der Waals surface area contributed by atoms with E-state index in [0.717, 1.165) is 11.3 Å². The molecule has 0 atom stereocenters. The van der Waals surface area contributed by atoms with Crippen molar-refractivity contribution in [1.29, 1.82) is 0 Å². The molecule has 0 bridgehead atoms. The first-order valence-corrected chi connectivity index (χ1v) is 6.90. The first-order chi connectivity index (χ1) is 10.2. The molecule has 0 aliphatic carbocycles. The average molecular weight is 295 g/mol. The van der Waals surface area contributed by atoms with Crippen LogP contribution in [0.2, 0.25) is 0 Å². The fourth-order valence-electron chi connectivity index (χ4n) is 2.09. The van der Waals surface area contributed by atoms with Crippen LogP contribution < -0.4 is 5.56 Å². The van der Waals surface area contributed by atoms with Crippen LogP contribution in [0.4, 0.5) is 0 Å². The summed E-state index contributed by atoms with van der Waals surface area (Å²) < 4.78 is 3.42. The van der Waals surface area contributed by atoms with Crippen LogP contribution in [0.25, 0.3) is 16.9 Å². The zero-order chi connectivity index (χ0) is 14.8. The van der Waals surface area contributed by atoms with E-state index >= 15 is 0 Å². The molecule has 0 N–H and O–H groups in total. The molecule has 0 aliphatic heterocycles. The molecule has 1 aromatic heterocycles. The molecule has 0 aliphatic rings. The molecular weight excluding hydrogens is 282 g/mol. The van der Waals surface area contributed by atoms with Crippen molar-refractivity contribution in [3.8, 4) is 16.9 Å². The van der Waals surface area contributed by atoms with Crippen LogP contribution in [0.15, 0.2) is 65.5 Å². The number of para-hydroxylation sites is 1. The van der Waals surface area contributed by atoms with Crippen molar-refractivity contribution in [2.24, 2.45) is 7.05 Å². The zero-order valence-electron chi connectivity index (χ0n) is 11.4. The summed E-state index contributed by atoms with van der Waals surface area (Å²) in [6, 6.07) is 18.9. The molecule has 3 rings (SSSR count). The molecule has 0 saturated heterocycles. The maximum absolute atomic E-state index is 12.4. The Bertz CT molecular complexity index is 811. The Kier molecular flexibility index (Phi) is 3.50. The molecule has 21 heavy (non-hydrogen) atoms. The first-order valence-electron chi connectivity index (χ1n) is 6.49. The number of aromatic nitrogens is 3. The predicted octanol–water partition coefficient (Wildman–Crippen LogP) is 2.97. The van der Waals surface area contributed by atoms with Gasteiger partial charge in [-0.15, -0.1) is 0 Å². The maximum Gasteiger partial charge on any atom is 0.280 e. The summed E-state index contributed by atoms with van der Waals surface area (Å²) in [4.78, 5) is 12.4. The highest BCUT2D eigenvalue weighted by Crippen LogP contribution is 2.13. The van der Waals surface area contributed by atoms with Gasteiger partial charge in [-0.3, -0.25) is 9.36 Å². The summed E-state index contributed by atoms with van der Waals surface area (Å²) in [6.45, 7) is 0. The normalized spacial score (nSPS) is 10.5. The van der Waals surface area contributed by atoms with Gasteiger partial charge in [0.05, 0.1) is 5.69 Å². The van der Waals surface area contributed by atoms with Crippen LogP contribution in [0.3, 0.4) is 0 Å². The molecule has 0 radical (unpaired) electrons. The molecule has 5 heteroatoms. The molecule has 0 spiro atoms. The van der Waals surface area contributed by atoms with Gasteiger partial charge in [-0.2, -0.15) is 5.10 Å². The average Bonchev–Trinajstić information content (AvgIpc) is 2.55. The van der Waals surface area contributed by atoms with Crippen LogP contribution in [0, 0.1) is 4.77 Å². The van der Waals surface area contributed by atoms with Gasteiger partial charge in [-0.05, 0) is 24.4 Å². The van der Waals surface area contributed by atoms with Crippen molar-refractivity contribution in [2.75, 3.05) is 0 Å². The van der Waals surface area contributed by atoms with Gasteiger partial charge >= 0.3 is 0 Å². The lowest BCUT2D eigenvalue weighted by atomic mass is 10.2. The summed E-state index contributed by atoms with van der Waals surface area (Å²) in [7, 11) is 1.66. The molecule has 1 heterocycles. The van der Waals surface area contributed by atoms with Gasteiger partial charge in [0, 0.05) is 12.6 Å². The number of benzene rings is 2. The lowest BCUT2D eigenvalue weighted by Crippen LogP contribution is -2.26. The summed E-state index contributed by atoms with van der Waals surface area (Å²) >= 11 is 5.34. The van der Waals surface area contributed by atoms with Gasteiger partial charge < -0.3 is 0 Å². The Hall–Kier alpha value is -2.53. The monoisotopic (exact) mass is 295 g/mol. The zero-order valence-corrected chi connectivity index (χ0v) is 12.2. The highest BCUT2D eigenvalue weighted by molar-refractivity contribution is 7.71. The fourth-order valence-corrected chi connectivity index (χ4v) is 2.32. The molecular formula is C16H13N3OS. The summed E-state index contributed by atoms with van der Waals surface area (Å²) in [6.07, 6.45) is 0. The Morgan fingerprint density at radius 3 is 2.14 bits per heavy atom. The molecule has 0 saturated carbocycles. The summed E-state index contributed by atoms with van der Waals surface area (Å²) in [5.74, 6) is 0. The fraction of sp³-hybridized carbons (Fsp3) is 0.0625. The van der Waals surface area contributed by atoms with Crippen molar-refractivity contribution in [3.05, 3.63) is 75.8 Å². The van der Waals surface area contributed by atoms with E-state index < -0.39 is 0 Å². The molecule has 3 aromatic rings. The molecule has 0 unspecified atom stereocenters. The number of hydrogen-bond donors (Lipinski definition) is 0. The summed E-state index contributed by atoms with van der Waals surface area (Å²) in [5.41, 5.74) is 1.79. The highest BCUT2D eigenvalue weighted by Gasteiger charge is 2.11. The largest absolute Gasteiger partial charge is 0.285 e. The van der Waals surface area contributed by atoms with E-state index in [2.05, 4.69) is 5.10 Å². The minimum absolute atomic E-state index is 0.196. The highest BCUT2D eigenvalue weighted by atomic mass is 32.1. The SMILES string of the molecule is Cn1c(=O)c(-c2ccccc2)nn(-c2ccccc2)c1=S. The van der Waals surface area contributed by atoms with Crippen molar-refractivity contribution in [1.82, 2.24) is 14.3 Å². The van der Waals surface area contributed by atoms with E-state index in [4.69, 9.17) is 12.2 Å². The van der Waals surface area contributed by atoms with Crippen molar-refractivity contribution >= 4 is 12.2 Å². The third-order valence-electron chi connectivity index (χ3n) is 3.22. The van der Waals surface area contributed by atoms with E-state index in [1.165, 1.54) is 4.57 Å². The van der Waals surface area contributed by atoms with E-state index in [1.54, 1.807) is 11.7 Å². The molecule has 0 amide bonds. The second-order valence-corrected chi connectivity index (χ2v) is 4.97. The molecule has 2 aromatic carbocycles. The van der Waals surface area contributed by atoms with E-state index in [1.807, 2.05) is 60.7 Å². The maximum atomic E-state index is 12.4. The van der Waals surface area contributed by atoms with E-state index in [9.17, 15) is 4.79 Å². The Morgan fingerprint density at radius 2 is 1.52 bits per heavy atom. The third-order valence-corrected chi connectivity index (χ3v) is 3.67. The van der Waals surface area contributed by atoms with Gasteiger partial charge in [0.25, 0.3) is 5.56 Å². The Labute approximate surface area is 126 Å². The van der Waals surface area contributed by atoms with Crippen molar-refractivity contribution in [3.63, 3.8) is 0 Å². The molecule has 4 nitrogen and oxygen atoms in total. The Morgan fingerprint density at radius 1 is 0.952 bits per heavy atom. The number of rotatable bonds is 2. The van der Waals surface area contributed by atoms with Crippen LogP contribution >= 0.6 is 12.2 Å². The minimum atomic E-state index is -0.196. The van der Waals surface area contributed by atoms with E-state index in [0.29, 0.717) is 10.5 Å². The minimum Gasteiger partial charge on any atom is -0.285 e. The van der Waals surface area contributed by atoms with Crippen LogP contribution in [-0.2, 0) is 7.05 Å². The standard InChI is InChI=1S/C16H13N3OS/c1-18-15(20)14(12-8-4-2-5-9-12)17-19(16(18)21)13-10-6-3-7-11-13/h2-11H,1H3. The summed E-state index contributed by atoms with van der Waals surface area (Å²) in [5, 5.41) is 4.45. The quantitative estimate of drug-likeness (QED) is 0.682. The van der Waals surface area contributed by atoms with Crippen LogP contribution in [-0.4, -0.2) is 14.3 Å². The second-order valence-electron chi connectivity index (χ2n) is 4.61. The van der Waals surface area contributed by atoms with Crippen molar-refractivity contribution in [2.45, 2.75) is 0 Å². The predicted molar refractivity (Wildman–Crippen MR) is 85.1 cm³/mol. The molecule has 0 fully saturated rings. The van der Waals surface area contributed by atoms with Crippen LogP contribution in [0.5, 0.6) is 0 Å².